The molecule has 0 saturated carbocycles. The number of piperidine rings is 2. The molecule has 30 heavy (non-hydrogen) atoms. The highest BCUT2D eigenvalue weighted by Crippen LogP contribution is 2.28. The Bertz CT molecular complexity index is 839. The molecule has 2 fully saturated rings. The van der Waals surface area contributed by atoms with E-state index in [1.807, 2.05) is 18.3 Å². The molecule has 2 N–H and O–H groups in total. The molecule has 1 atom stereocenters. The second-order valence-electron chi connectivity index (χ2n) is 8.16. The van der Waals surface area contributed by atoms with Crippen LogP contribution in [0, 0.1) is 0 Å². The highest BCUT2D eigenvalue weighted by Gasteiger charge is 2.23. The van der Waals surface area contributed by atoms with Gasteiger partial charge in [0, 0.05) is 50.7 Å². The van der Waals surface area contributed by atoms with Gasteiger partial charge >= 0.3 is 0 Å². The molecule has 0 aromatic carbocycles. The first-order valence-electron chi connectivity index (χ1n) is 11.0. The molecule has 0 radical (unpaired) electrons. The fourth-order valence-electron chi connectivity index (χ4n) is 4.18. The van der Waals surface area contributed by atoms with Crippen molar-refractivity contribution in [3.8, 4) is 0 Å². The van der Waals surface area contributed by atoms with E-state index in [0.29, 0.717) is 23.6 Å². The SMILES string of the molecule is C[C@@H]1CCCCN1c1cc(N2CCCCC2)nc(NC(=S)NCc2cccnc2)n1. The minimum atomic E-state index is 0.492. The van der Waals surface area contributed by atoms with Crippen molar-refractivity contribution in [2.24, 2.45) is 0 Å². The smallest absolute Gasteiger partial charge is 0.232 e. The van der Waals surface area contributed by atoms with Gasteiger partial charge in [0.05, 0.1) is 0 Å². The van der Waals surface area contributed by atoms with Gasteiger partial charge in [-0.15, -0.1) is 0 Å². The maximum Gasteiger partial charge on any atom is 0.232 e. The summed E-state index contributed by atoms with van der Waals surface area (Å²) in [5.74, 6) is 2.56. The van der Waals surface area contributed by atoms with Crippen molar-refractivity contribution in [3.05, 3.63) is 36.2 Å². The first kappa shape index (κ1) is 20.8. The second kappa shape index (κ2) is 10.0. The molecule has 2 aliphatic heterocycles. The van der Waals surface area contributed by atoms with E-state index < -0.39 is 0 Å². The fraction of sp³-hybridized carbons (Fsp3) is 0.545. The number of anilines is 3. The number of pyridine rings is 1. The number of hydrogen-bond donors (Lipinski definition) is 2. The van der Waals surface area contributed by atoms with Crippen molar-refractivity contribution < 1.29 is 0 Å². The molecule has 0 spiro atoms. The van der Waals surface area contributed by atoms with Gasteiger partial charge in [0.25, 0.3) is 0 Å². The number of hydrogen-bond acceptors (Lipinski definition) is 6. The Balaban J connectivity index is 1.51. The Hall–Kier alpha value is -2.48. The van der Waals surface area contributed by atoms with Crippen molar-refractivity contribution in [2.75, 3.05) is 34.8 Å². The summed E-state index contributed by atoms with van der Waals surface area (Å²) in [6.07, 6.45) is 11.0. The van der Waals surface area contributed by atoms with Crippen LogP contribution in [0.5, 0.6) is 0 Å². The first-order chi connectivity index (χ1) is 14.7. The van der Waals surface area contributed by atoms with Crippen molar-refractivity contribution in [1.82, 2.24) is 20.3 Å². The van der Waals surface area contributed by atoms with Crippen LogP contribution in [0.3, 0.4) is 0 Å². The molecule has 0 bridgehead atoms. The average Bonchev–Trinajstić information content (AvgIpc) is 2.79. The molecule has 2 aromatic heterocycles. The van der Waals surface area contributed by atoms with Gasteiger partial charge in [-0.25, -0.2) is 0 Å². The predicted molar refractivity (Wildman–Crippen MR) is 126 cm³/mol. The zero-order valence-electron chi connectivity index (χ0n) is 17.7. The normalized spacial score (nSPS) is 19.4. The van der Waals surface area contributed by atoms with Gasteiger partial charge in [0.1, 0.15) is 11.6 Å². The van der Waals surface area contributed by atoms with Crippen LogP contribution in [0.4, 0.5) is 17.6 Å². The van der Waals surface area contributed by atoms with Crippen LogP contribution in [0.15, 0.2) is 30.6 Å². The summed E-state index contributed by atoms with van der Waals surface area (Å²) in [7, 11) is 0. The van der Waals surface area contributed by atoms with E-state index in [2.05, 4.69) is 38.4 Å². The molecule has 2 aliphatic rings. The minimum Gasteiger partial charge on any atom is -0.358 e. The van der Waals surface area contributed by atoms with Crippen molar-refractivity contribution in [3.63, 3.8) is 0 Å². The molecule has 4 rings (SSSR count). The van der Waals surface area contributed by atoms with Crippen molar-refractivity contribution in [2.45, 2.75) is 58.0 Å². The Morgan fingerprint density at radius 1 is 1.10 bits per heavy atom. The van der Waals surface area contributed by atoms with E-state index in [-0.39, 0.29) is 0 Å². The quantitative estimate of drug-likeness (QED) is 0.703. The highest BCUT2D eigenvalue weighted by molar-refractivity contribution is 7.80. The van der Waals surface area contributed by atoms with Crippen LogP contribution in [0.2, 0.25) is 0 Å². The molecular weight excluding hydrogens is 394 g/mol. The number of nitrogens with one attached hydrogen (secondary N) is 2. The monoisotopic (exact) mass is 425 g/mol. The molecule has 160 valence electrons. The fourth-order valence-corrected chi connectivity index (χ4v) is 4.34. The summed E-state index contributed by atoms with van der Waals surface area (Å²) in [5, 5.41) is 6.96. The summed E-state index contributed by atoms with van der Waals surface area (Å²) in [6, 6.07) is 6.59. The van der Waals surface area contributed by atoms with Crippen LogP contribution in [0.1, 0.15) is 51.0 Å². The highest BCUT2D eigenvalue weighted by atomic mass is 32.1. The van der Waals surface area contributed by atoms with Gasteiger partial charge in [-0.1, -0.05) is 6.07 Å². The van der Waals surface area contributed by atoms with Crippen LogP contribution >= 0.6 is 12.2 Å². The van der Waals surface area contributed by atoms with Gasteiger partial charge in [-0.05, 0) is 69.3 Å². The number of rotatable bonds is 5. The van der Waals surface area contributed by atoms with Gasteiger partial charge in [0.2, 0.25) is 5.95 Å². The minimum absolute atomic E-state index is 0.492. The Morgan fingerprint density at radius 2 is 1.90 bits per heavy atom. The van der Waals surface area contributed by atoms with Gasteiger partial charge in [0.15, 0.2) is 5.11 Å². The zero-order valence-corrected chi connectivity index (χ0v) is 18.5. The average molecular weight is 426 g/mol. The lowest BCUT2D eigenvalue weighted by Gasteiger charge is -2.35. The summed E-state index contributed by atoms with van der Waals surface area (Å²) in [4.78, 5) is 18.6. The molecular formula is C22H31N7S. The maximum atomic E-state index is 5.51. The van der Waals surface area contributed by atoms with Crippen LogP contribution < -0.4 is 20.4 Å². The largest absolute Gasteiger partial charge is 0.358 e. The van der Waals surface area contributed by atoms with E-state index in [9.17, 15) is 0 Å². The third-order valence-electron chi connectivity index (χ3n) is 5.88. The van der Waals surface area contributed by atoms with Crippen molar-refractivity contribution in [1.29, 1.82) is 0 Å². The standard InChI is InChI=1S/C22H31N7S/c1-17-8-3-6-13-29(17)20-14-19(28-11-4-2-5-12-28)25-21(26-20)27-22(30)24-16-18-9-7-10-23-15-18/h7,9-10,14-15,17H,2-6,8,11-13,16H2,1H3,(H2,24,25,26,27,30)/t17-/m1/s1. The van der Waals surface area contributed by atoms with E-state index in [0.717, 1.165) is 36.8 Å². The van der Waals surface area contributed by atoms with E-state index >= 15 is 0 Å². The van der Waals surface area contributed by atoms with E-state index in [4.69, 9.17) is 22.2 Å². The third kappa shape index (κ3) is 5.36. The predicted octanol–water partition coefficient (Wildman–Crippen LogP) is 3.73. The molecule has 0 aliphatic carbocycles. The molecule has 4 heterocycles. The van der Waals surface area contributed by atoms with Crippen molar-refractivity contribution >= 4 is 34.9 Å². The summed E-state index contributed by atoms with van der Waals surface area (Å²) >= 11 is 5.51. The van der Waals surface area contributed by atoms with Gasteiger partial charge < -0.3 is 20.4 Å². The lowest BCUT2D eigenvalue weighted by molar-refractivity contribution is 0.481. The second-order valence-corrected chi connectivity index (χ2v) is 8.57. The molecule has 8 heteroatoms. The Labute approximate surface area is 184 Å². The van der Waals surface area contributed by atoms with Gasteiger partial charge in [-0.3, -0.25) is 4.98 Å². The number of aromatic nitrogens is 3. The Kier molecular flexibility index (Phi) is 6.94. The molecule has 2 saturated heterocycles. The topological polar surface area (TPSA) is 69.2 Å². The summed E-state index contributed by atoms with van der Waals surface area (Å²) in [6.45, 7) is 6.04. The number of thiocarbonyl (C=S) groups is 1. The van der Waals surface area contributed by atoms with E-state index in [1.54, 1.807) is 6.20 Å². The summed E-state index contributed by atoms with van der Waals surface area (Å²) < 4.78 is 0. The molecule has 0 amide bonds. The Morgan fingerprint density at radius 3 is 2.67 bits per heavy atom. The lowest BCUT2D eigenvalue weighted by atomic mass is 10.0. The van der Waals surface area contributed by atoms with Crippen LogP contribution in [-0.2, 0) is 6.54 Å². The molecule has 0 unspecified atom stereocenters. The van der Waals surface area contributed by atoms with E-state index in [1.165, 1.54) is 38.5 Å². The van der Waals surface area contributed by atoms with Gasteiger partial charge in [-0.2, -0.15) is 9.97 Å². The molecule has 2 aromatic rings. The third-order valence-corrected chi connectivity index (χ3v) is 6.12. The zero-order chi connectivity index (χ0) is 20.8. The first-order valence-corrected chi connectivity index (χ1v) is 11.4. The van der Waals surface area contributed by atoms with Crippen LogP contribution in [-0.4, -0.2) is 45.7 Å². The van der Waals surface area contributed by atoms with Crippen LogP contribution in [0.25, 0.3) is 0 Å². The molecule has 7 nitrogen and oxygen atoms in total. The summed E-state index contributed by atoms with van der Waals surface area (Å²) in [5.41, 5.74) is 1.08. The number of nitrogens with zero attached hydrogens (tertiary/aromatic N) is 5. The maximum absolute atomic E-state index is 5.51. The lowest BCUT2D eigenvalue weighted by Crippen LogP contribution is -2.39.